The number of benzene rings is 1. The van der Waals surface area contributed by atoms with E-state index in [1.807, 2.05) is 0 Å². The van der Waals surface area contributed by atoms with Crippen LogP contribution in [0.15, 0.2) is 30.3 Å². The first-order chi connectivity index (χ1) is 12.7. The Morgan fingerprint density at radius 1 is 1.19 bits per heavy atom. The Balaban J connectivity index is 1.38. The number of carbonyl (C=O) groups excluding carboxylic acids is 1. The number of carbonyl (C=O) groups is 1. The van der Waals surface area contributed by atoms with Crippen LogP contribution >= 0.6 is 0 Å². The van der Waals surface area contributed by atoms with Crippen LogP contribution in [0.2, 0.25) is 0 Å². The lowest BCUT2D eigenvalue weighted by Gasteiger charge is -2.33. The Hall–Kier alpha value is -1.59. The predicted octanol–water partition coefficient (Wildman–Crippen LogP) is 2.55. The van der Waals surface area contributed by atoms with Crippen LogP contribution in [0.25, 0.3) is 0 Å². The second kappa shape index (κ2) is 9.38. The van der Waals surface area contributed by atoms with Gasteiger partial charge in [-0.1, -0.05) is 43.2 Å². The van der Waals surface area contributed by atoms with Gasteiger partial charge in [-0.2, -0.15) is 0 Å². The second-order valence-electron chi connectivity index (χ2n) is 8.03. The van der Waals surface area contributed by atoms with Crippen LogP contribution < -0.4 is 10.6 Å². The molecule has 0 radical (unpaired) electrons. The van der Waals surface area contributed by atoms with Crippen molar-refractivity contribution >= 4 is 6.03 Å². The zero-order valence-electron chi connectivity index (χ0n) is 15.8. The molecule has 1 saturated carbocycles. The number of hydrogen-bond acceptors (Lipinski definition) is 3. The van der Waals surface area contributed by atoms with Crippen LogP contribution in [0.1, 0.15) is 44.1 Å². The Kier molecular flexibility index (Phi) is 6.92. The number of aliphatic hydroxyl groups is 1. The minimum absolute atomic E-state index is 0.0388. The maximum absolute atomic E-state index is 12.3. The fourth-order valence-corrected chi connectivity index (χ4v) is 4.35. The average molecular weight is 360 g/mol. The Morgan fingerprint density at radius 2 is 1.96 bits per heavy atom. The molecule has 144 valence electrons. The maximum Gasteiger partial charge on any atom is 0.315 e. The molecule has 2 amide bonds. The molecule has 1 atom stereocenters. The van der Waals surface area contributed by atoms with Gasteiger partial charge in [-0.15, -0.1) is 0 Å². The monoisotopic (exact) mass is 359 g/mol. The number of nitrogens with one attached hydrogen (secondary N) is 2. The smallest absolute Gasteiger partial charge is 0.315 e. The minimum Gasteiger partial charge on any atom is -0.394 e. The molecule has 2 fully saturated rings. The standard InChI is InChI=1S/C21H33N3O2/c25-17-21(11-4-5-12-21)23-20(26)22-15-19-9-6-13-24(16-19)14-10-18-7-2-1-3-8-18/h1-3,7-8,19,25H,4-6,9-17H2,(H2,22,23,26). The highest BCUT2D eigenvalue weighted by Crippen LogP contribution is 2.29. The zero-order valence-corrected chi connectivity index (χ0v) is 15.8. The summed E-state index contributed by atoms with van der Waals surface area (Å²) < 4.78 is 0. The van der Waals surface area contributed by atoms with Crippen molar-refractivity contribution in [1.82, 2.24) is 15.5 Å². The molecule has 3 rings (SSSR count). The number of piperidine rings is 1. The molecule has 26 heavy (non-hydrogen) atoms. The molecule has 5 nitrogen and oxygen atoms in total. The lowest BCUT2D eigenvalue weighted by molar-refractivity contribution is 0.156. The van der Waals surface area contributed by atoms with E-state index < -0.39 is 5.54 Å². The molecule has 1 aliphatic carbocycles. The van der Waals surface area contributed by atoms with Gasteiger partial charge in [-0.25, -0.2) is 4.79 Å². The molecule has 1 saturated heterocycles. The summed E-state index contributed by atoms with van der Waals surface area (Å²) in [4.78, 5) is 14.8. The molecule has 0 spiro atoms. The first-order valence-corrected chi connectivity index (χ1v) is 10.1. The summed E-state index contributed by atoms with van der Waals surface area (Å²) in [6, 6.07) is 10.5. The highest BCUT2D eigenvalue weighted by atomic mass is 16.3. The van der Waals surface area contributed by atoms with Crippen molar-refractivity contribution in [3.05, 3.63) is 35.9 Å². The number of likely N-dealkylation sites (tertiary alicyclic amines) is 1. The summed E-state index contributed by atoms with van der Waals surface area (Å²) in [5.41, 5.74) is 0.997. The summed E-state index contributed by atoms with van der Waals surface area (Å²) in [5.74, 6) is 0.513. The van der Waals surface area contributed by atoms with Gasteiger partial charge in [0.25, 0.3) is 0 Å². The number of urea groups is 1. The SMILES string of the molecule is O=C(NCC1CCCN(CCc2ccccc2)C1)NC1(CO)CCCC1. The van der Waals surface area contributed by atoms with Gasteiger partial charge in [0.05, 0.1) is 12.1 Å². The molecule has 5 heteroatoms. The molecular weight excluding hydrogens is 326 g/mol. The average Bonchev–Trinajstić information content (AvgIpc) is 3.15. The third-order valence-electron chi connectivity index (χ3n) is 5.96. The van der Waals surface area contributed by atoms with Gasteiger partial charge in [-0.3, -0.25) is 0 Å². The van der Waals surface area contributed by atoms with Crippen molar-refractivity contribution in [2.45, 2.75) is 50.5 Å². The van der Waals surface area contributed by atoms with E-state index >= 15 is 0 Å². The first kappa shape index (κ1) is 19.2. The van der Waals surface area contributed by atoms with E-state index in [-0.39, 0.29) is 12.6 Å². The lowest BCUT2D eigenvalue weighted by atomic mass is 9.97. The third-order valence-corrected chi connectivity index (χ3v) is 5.96. The van der Waals surface area contributed by atoms with E-state index in [1.54, 1.807) is 0 Å². The number of rotatable bonds is 7. The van der Waals surface area contributed by atoms with E-state index in [9.17, 15) is 9.90 Å². The second-order valence-corrected chi connectivity index (χ2v) is 8.03. The molecule has 1 unspecified atom stereocenters. The number of aliphatic hydroxyl groups excluding tert-OH is 1. The van der Waals surface area contributed by atoms with Crippen LogP contribution in [-0.2, 0) is 6.42 Å². The summed E-state index contributed by atoms with van der Waals surface area (Å²) in [7, 11) is 0. The van der Waals surface area contributed by atoms with Crippen molar-refractivity contribution in [3.8, 4) is 0 Å². The van der Waals surface area contributed by atoms with Gasteiger partial charge in [0, 0.05) is 19.6 Å². The van der Waals surface area contributed by atoms with Gasteiger partial charge < -0.3 is 20.6 Å². The van der Waals surface area contributed by atoms with Gasteiger partial charge in [-0.05, 0) is 50.1 Å². The summed E-state index contributed by atoms with van der Waals surface area (Å²) in [6.07, 6.45) is 7.39. The number of hydrogen-bond donors (Lipinski definition) is 3. The molecular formula is C21H33N3O2. The summed E-state index contributed by atoms with van der Waals surface area (Å²) >= 11 is 0. The predicted molar refractivity (Wildman–Crippen MR) is 104 cm³/mol. The van der Waals surface area contributed by atoms with Gasteiger partial charge in [0.15, 0.2) is 0 Å². The normalized spacial score (nSPS) is 22.9. The Morgan fingerprint density at radius 3 is 2.69 bits per heavy atom. The highest BCUT2D eigenvalue weighted by molar-refractivity contribution is 5.74. The Labute approximate surface area is 157 Å². The van der Waals surface area contributed by atoms with Crippen LogP contribution in [0.4, 0.5) is 4.79 Å². The van der Waals surface area contributed by atoms with Crippen molar-refractivity contribution in [1.29, 1.82) is 0 Å². The van der Waals surface area contributed by atoms with Crippen LogP contribution in [0, 0.1) is 5.92 Å². The molecule has 3 N–H and O–H groups in total. The van der Waals surface area contributed by atoms with Crippen molar-refractivity contribution in [2.24, 2.45) is 5.92 Å². The third kappa shape index (κ3) is 5.45. The van der Waals surface area contributed by atoms with E-state index in [1.165, 1.54) is 18.4 Å². The highest BCUT2D eigenvalue weighted by Gasteiger charge is 2.34. The molecule has 1 heterocycles. The van der Waals surface area contributed by atoms with Crippen LogP contribution in [0.3, 0.4) is 0 Å². The van der Waals surface area contributed by atoms with Gasteiger partial charge >= 0.3 is 6.03 Å². The maximum atomic E-state index is 12.3. The minimum atomic E-state index is -0.391. The topological polar surface area (TPSA) is 64.6 Å². The quantitative estimate of drug-likeness (QED) is 0.701. The van der Waals surface area contributed by atoms with Gasteiger partial charge in [0.1, 0.15) is 0 Å². The zero-order chi connectivity index (χ0) is 18.2. The summed E-state index contributed by atoms with van der Waals surface area (Å²) in [6.45, 7) is 4.05. The van der Waals surface area contributed by atoms with Crippen molar-refractivity contribution in [3.63, 3.8) is 0 Å². The van der Waals surface area contributed by atoms with E-state index in [0.29, 0.717) is 5.92 Å². The molecule has 0 bridgehead atoms. The van der Waals surface area contributed by atoms with E-state index in [0.717, 1.165) is 58.3 Å². The van der Waals surface area contributed by atoms with Crippen LogP contribution in [-0.4, -0.2) is 54.4 Å². The van der Waals surface area contributed by atoms with E-state index in [2.05, 4.69) is 45.9 Å². The van der Waals surface area contributed by atoms with Gasteiger partial charge in [0.2, 0.25) is 0 Å². The molecule has 1 aromatic rings. The first-order valence-electron chi connectivity index (χ1n) is 10.1. The van der Waals surface area contributed by atoms with E-state index in [4.69, 9.17) is 0 Å². The molecule has 0 aromatic heterocycles. The fourth-order valence-electron chi connectivity index (χ4n) is 4.35. The number of amides is 2. The fraction of sp³-hybridized carbons (Fsp3) is 0.667. The van der Waals surface area contributed by atoms with Crippen molar-refractivity contribution in [2.75, 3.05) is 32.8 Å². The largest absolute Gasteiger partial charge is 0.394 e. The molecule has 1 aliphatic heterocycles. The molecule has 2 aliphatic rings. The van der Waals surface area contributed by atoms with Crippen molar-refractivity contribution < 1.29 is 9.90 Å². The van der Waals surface area contributed by atoms with Crippen LogP contribution in [0.5, 0.6) is 0 Å². The lowest BCUT2D eigenvalue weighted by Crippen LogP contribution is -2.54. The summed E-state index contributed by atoms with van der Waals surface area (Å²) in [5, 5.41) is 15.7. The Bertz CT molecular complexity index is 558. The molecule has 1 aromatic carbocycles. The number of nitrogens with zero attached hydrogens (tertiary/aromatic N) is 1.